The first kappa shape index (κ1) is 5.78. The van der Waals surface area contributed by atoms with Crippen molar-refractivity contribution in [2.75, 3.05) is 0 Å². The van der Waals surface area contributed by atoms with Crippen LogP contribution in [0.25, 0.3) is 0 Å². The number of hydrogen-bond donors (Lipinski definition) is 0. The maximum Gasteiger partial charge on any atom is 0.0275 e. The van der Waals surface area contributed by atoms with E-state index >= 15 is 0 Å². The van der Waals surface area contributed by atoms with Crippen LogP contribution in [0, 0.1) is 12.3 Å². The van der Waals surface area contributed by atoms with Crippen LogP contribution in [-0.4, -0.2) is 0 Å². The van der Waals surface area contributed by atoms with Gasteiger partial charge in [-0.2, -0.15) is 0 Å². The van der Waals surface area contributed by atoms with Crippen molar-refractivity contribution in [1.29, 1.82) is 0 Å². The third-order valence-corrected chi connectivity index (χ3v) is 0.699. The predicted molar refractivity (Wildman–Crippen MR) is 31.5 cm³/mol. The highest BCUT2D eigenvalue weighted by Gasteiger charge is 1.58. The molecule has 6 heavy (non-hydrogen) atoms. The van der Waals surface area contributed by atoms with E-state index in [0.29, 0.717) is 6.42 Å². The standard InChI is InChI=1S/C5H5Br/c1-2-3-4-5-6/h1,4-5H,3H2/b5-4+. The third-order valence-electron chi connectivity index (χ3n) is 0.325. The summed E-state index contributed by atoms with van der Waals surface area (Å²) < 4.78 is 0. The maximum absolute atomic E-state index is 4.89. The van der Waals surface area contributed by atoms with E-state index in [0.717, 1.165) is 0 Å². The molecule has 0 aromatic heterocycles. The largest absolute Gasteiger partial charge is 0.120 e. The SMILES string of the molecule is C#CC/C=C/Br. The molecule has 1 heteroatoms. The molecular weight excluding hydrogens is 140 g/mol. The highest BCUT2D eigenvalue weighted by molar-refractivity contribution is 9.11. The Hall–Kier alpha value is -0.220. The van der Waals surface area contributed by atoms with E-state index in [1.807, 2.05) is 6.08 Å². The summed E-state index contributed by atoms with van der Waals surface area (Å²) in [5, 5.41) is 0. The number of rotatable bonds is 1. The van der Waals surface area contributed by atoms with Crippen LogP contribution in [0.1, 0.15) is 6.42 Å². The minimum Gasteiger partial charge on any atom is -0.120 e. The number of halogens is 1. The normalized spacial score (nSPS) is 8.67. The molecule has 0 atom stereocenters. The lowest BCUT2D eigenvalue weighted by atomic mass is 10.5. The van der Waals surface area contributed by atoms with Gasteiger partial charge in [0.15, 0.2) is 0 Å². The summed E-state index contributed by atoms with van der Waals surface area (Å²) in [5.74, 6) is 2.45. The van der Waals surface area contributed by atoms with Crippen molar-refractivity contribution in [2.24, 2.45) is 0 Å². The van der Waals surface area contributed by atoms with Gasteiger partial charge in [0.1, 0.15) is 0 Å². The zero-order chi connectivity index (χ0) is 4.83. The molecule has 0 aromatic carbocycles. The summed E-state index contributed by atoms with van der Waals surface area (Å²) in [7, 11) is 0. The molecule has 32 valence electrons. The molecule has 0 spiro atoms. The van der Waals surface area contributed by atoms with Gasteiger partial charge >= 0.3 is 0 Å². The van der Waals surface area contributed by atoms with Crippen LogP contribution in [0.15, 0.2) is 11.1 Å². The van der Waals surface area contributed by atoms with Gasteiger partial charge in [0.25, 0.3) is 0 Å². The van der Waals surface area contributed by atoms with Gasteiger partial charge in [-0.3, -0.25) is 0 Å². The van der Waals surface area contributed by atoms with Gasteiger partial charge in [0, 0.05) is 6.42 Å². The summed E-state index contributed by atoms with van der Waals surface area (Å²) in [5.41, 5.74) is 0. The van der Waals surface area contributed by atoms with E-state index in [1.165, 1.54) is 0 Å². The van der Waals surface area contributed by atoms with Gasteiger partial charge in [-0.05, 0) is 4.99 Å². The van der Waals surface area contributed by atoms with E-state index in [9.17, 15) is 0 Å². The highest BCUT2D eigenvalue weighted by Crippen LogP contribution is 1.83. The molecule has 0 amide bonds. The van der Waals surface area contributed by atoms with Crippen molar-refractivity contribution in [1.82, 2.24) is 0 Å². The van der Waals surface area contributed by atoms with Gasteiger partial charge in [-0.15, -0.1) is 12.3 Å². The molecule has 0 rings (SSSR count). The van der Waals surface area contributed by atoms with Crippen LogP contribution in [0.3, 0.4) is 0 Å². The smallest absolute Gasteiger partial charge is 0.0275 e. The second kappa shape index (κ2) is 4.78. The monoisotopic (exact) mass is 144 g/mol. The average Bonchev–Trinajstić information content (AvgIpc) is 1.61. The lowest BCUT2D eigenvalue weighted by Gasteiger charge is -1.65. The summed E-state index contributed by atoms with van der Waals surface area (Å²) in [6.07, 6.45) is 7.47. The number of hydrogen-bond acceptors (Lipinski definition) is 0. The molecule has 0 saturated carbocycles. The van der Waals surface area contributed by atoms with E-state index in [1.54, 1.807) is 4.99 Å². The van der Waals surface area contributed by atoms with Gasteiger partial charge in [-0.1, -0.05) is 22.0 Å². The van der Waals surface area contributed by atoms with Crippen molar-refractivity contribution in [3.05, 3.63) is 11.1 Å². The van der Waals surface area contributed by atoms with E-state index in [2.05, 4.69) is 21.9 Å². The fraction of sp³-hybridized carbons (Fsp3) is 0.200. The third kappa shape index (κ3) is 3.78. The van der Waals surface area contributed by atoms with Crippen LogP contribution < -0.4 is 0 Å². The van der Waals surface area contributed by atoms with Crippen LogP contribution in [0.4, 0.5) is 0 Å². The predicted octanol–water partition coefficient (Wildman–Crippen LogP) is 1.92. The Bertz CT molecular complexity index is 76.4. The van der Waals surface area contributed by atoms with E-state index in [-0.39, 0.29) is 0 Å². The fourth-order valence-corrected chi connectivity index (χ4v) is 0.299. The maximum atomic E-state index is 4.89. The first-order chi connectivity index (χ1) is 2.91. The van der Waals surface area contributed by atoms with Gasteiger partial charge < -0.3 is 0 Å². The molecule has 0 aliphatic heterocycles. The van der Waals surface area contributed by atoms with E-state index < -0.39 is 0 Å². The Balaban J connectivity index is 2.92. The summed E-state index contributed by atoms with van der Waals surface area (Å²) in [6, 6.07) is 0. The summed E-state index contributed by atoms with van der Waals surface area (Å²) in [4.78, 5) is 1.76. The fourth-order valence-electron chi connectivity index (χ4n) is 0.113. The minimum atomic E-state index is 0.714. The Labute approximate surface area is 46.4 Å². The molecule has 0 fully saturated rings. The molecule has 0 heterocycles. The van der Waals surface area contributed by atoms with Crippen molar-refractivity contribution < 1.29 is 0 Å². The molecule has 0 bridgehead atoms. The first-order valence-electron chi connectivity index (χ1n) is 1.60. The van der Waals surface area contributed by atoms with Crippen molar-refractivity contribution in [2.45, 2.75) is 6.42 Å². The average molecular weight is 145 g/mol. The molecule has 0 N–H and O–H groups in total. The Morgan fingerprint density at radius 3 is 2.67 bits per heavy atom. The quantitative estimate of drug-likeness (QED) is 0.494. The van der Waals surface area contributed by atoms with Crippen molar-refractivity contribution in [3.8, 4) is 12.3 Å². The topological polar surface area (TPSA) is 0 Å². The van der Waals surface area contributed by atoms with Crippen LogP contribution in [-0.2, 0) is 0 Å². The van der Waals surface area contributed by atoms with Gasteiger partial charge in [-0.25, -0.2) is 0 Å². The van der Waals surface area contributed by atoms with E-state index in [4.69, 9.17) is 6.42 Å². The first-order valence-corrected chi connectivity index (χ1v) is 2.52. The summed E-state index contributed by atoms with van der Waals surface area (Å²) in [6.45, 7) is 0. The van der Waals surface area contributed by atoms with Crippen LogP contribution >= 0.6 is 15.9 Å². The lowest BCUT2D eigenvalue weighted by molar-refractivity contribution is 1.49. The Morgan fingerprint density at radius 2 is 2.50 bits per heavy atom. The summed E-state index contributed by atoms with van der Waals surface area (Å²) >= 11 is 3.07. The molecule has 0 radical (unpaired) electrons. The second-order valence-electron chi connectivity index (χ2n) is 0.770. The second-order valence-corrected chi connectivity index (χ2v) is 1.30. The van der Waals surface area contributed by atoms with Gasteiger partial charge in [0.2, 0.25) is 0 Å². The zero-order valence-electron chi connectivity index (χ0n) is 3.32. The number of terminal acetylenes is 1. The Morgan fingerprint density at radius 1 is 1.83 bits per heavy atom. The molecule has 0 saturated heterocycles. The minimum absolute atomic E-state index is 0.714. The van der Waals surface area contributed by atoms with Crippen molar-refractivity contribution in [3.63, 3.8) is 0 Å². The number of allylic oxidation sites excluding steroid dienone is 1. The van der Waals surface area contributed by atoms with Crippen molar-refractivity contribution >= 4 is 15.9 Å². The Kier molecular flexibility index (Phi) is 4.60. The van der Waals surface area contributed by atoms with Gasteiger partial charge in [0.05, 0.1) is 0 Å². The highest BCUT2D eigenvalue weighted by atomic mass is 79.9. The molecular formula is C5H5Br. The molecule has 0 aliphatic carbocycles. The molecule has 0 unspecified atom stereocenters. The van der Waals surface area contributed by atoms with Crippen LogP contribution in [0.5, 0.6) is 0 Å². The van der Waals surface area contributed by atoms with Crippen LogP contribution in [0.2, 0.25) is 0 Å². The zero-order valence-corrected chi connectivity index (χ0v) is 4.90. The molecule has 0 nitrogen and oxygen atoms in total. The lowest BCUT2D eigenvalue weighted by Crippen LogP contribution is -1.48. The molecule has 0 aromatic rings. The molecule has 0 aliphatic rings.